The molecule has 0 bridgehead atoms. The maximum atomic E-state index is 13.0. The van der Waals surface area contributed by atoms with Crippen LogP contribution in [0.15, 0.2) is 42.5 Å². The molecule has 0 saturated carbocycles. The monoisotopic (exact) mass is 371 g/mol. The van der Waals surface area contributed by atoms with E-state index in [0.29, 0.717) is 0 Å². The third kappa shape index (κ3) is 4.96. The zero-order valence-corrected chi connectivity index (χ0v) is 13.7. The molecule has 2 rings (SSSR count). The highest BCUT2D eigenvalue weighted by Crippen LogP contribution is 2.38. The van der Waals surface area contributed by atoms with Crippen LogP contribution in [-0.2, 0) is 15.7 Å². The molecule has 0 aromatic heterocycles. The van der Waals surface area contributed by atoms with Crippen LogP contribution in [0, 0.1) is 6.92 Å². The van der Waals surface area contributed by atoms with Crippen molar-refractivity contribution in [2.75, 3.05) is 11.9 Å². The minimum atomic E-state index is -4.69. The van der Waals surface area contributed by atoms with Gasteiger partial charge < -0.3 is 10.1 Å². The summed E-state index contributed by atoms with van der Waals surface area (Å²) in [6.07, 6.45) is -4.69. The number of aryl methyl sites for hydroxylation is 1. The minimum absolute atomic E-state index is 0.229. The average molecular weight is 372 g/mol. The number of nitrogens with one attached hydrogen (secondary N) is 1. The number of alkyl halides is 3. The molecule has 0 saturated heterocycles. The van der Waals surface area contributed by atoms with Gasteiger partial charge in [-0.25, -0.2) is 4.79 Å². The molecule has 1 N–H and O–H groups in total. The summed E-state index contributed by atoms with van der Waals surface area (Å²) in [7, 11) is 0. The summed E-state index contributed by atoms with van der Waals surface area (Å²) in [6.45, 7) is 1.10. The summed E-state index contributed by atoms with van der Waals surface area (Å²) in [5.41, 5.74) is -0.494. The highest BCUT2D eigenvalue weighted by Gasteiger charge is 2.34. The minimum Gasteiger partial charge on any atom is -0.452 e. The lowest BCUT2D eigenvalue weighted by molar-refractivity contribution is -0.137. The van der Waals surface area contributed by atoms with Crippen molar-refractivity contribution in [1.29, 1.82) is 0 Å². The van der Waals surface area contributed by atoms with E-state index in [4.69, 9.17) is 16.3 Å². The Balaban J connectivity index is 2.04. The number of hydrogen-bond acceptors (Lipinski definition) is 3. The van der Waals surface area contributed by atoms with E-state index in [-0.39, 0.29) is 10.6 Å². The number of benzene rings is 2. The number of para-hydroxylation sites is 1. The number of rotatable bonds is 4. The number of amides is 1. The molecule has 0 spiro atoms. The molecule has 0 radical (unpaired) electrons. The molecule has 0 heterocycles. The van der Waals surface area contributed by atoms with E-state index in [9.17, 15) is 22.8 Å². The Kier molecular flexibility index (Phi) is 5.69. The highest BCUT2D eigenvalue weighted by molar-refractivity contribution is 6.34. The number of anilines is 1. The number of carbonyl (C=O) groups excluding carboxylic acids is 2. The summed E-state index contributed by atoms with van der Waals surface area (Å²) in [4.78, 5) is 23.6. The third-order valence-electron chi connectivity index (χ3n) is 3.21. The van der Waals surface area contributed by atoms with Crippen LogP contribution in [0.2, 0.25) is 5.02 Å². The van der Waals surface area contributed by atoms with Crippen LogP contribution in [0.1, 0.15) is 21.5 Å². The van der Waals surface area contributed by atoms with Crippen molar-refractivity contribution in [3.63, 3.8) is 0 Å². The van der Waals surface area contributed by atoms with Gasteiger partial charge in [0.1, 0.15) is 0 Å². The van der Waals surface area contributed by atoms with Crippen LogP contribution in [0.3, 0.4) is 0 Å². The predicted molar refractivity (Wildman–Crippen MR) is 86.5 cm³/mol. The first-order valence-electron chi connectivity index (χ1n) is 7.08. The standard InChI is InChI=1S/C17H13ClF3NO3/c1-10-5-7-11(8-6-10)16(24)25-9-14(23)22-15-12(17(19,20)21)3-2-4-13(15)18/h2-8H,9H2,1H3,(H,22,23). The molecule has 2 aromatic rings. The van der Waals surface area contributed by atoms with Crippen LogP contribution in [0.4, 0.5) is 18.9 Å². The molecule has 132 valence electrons. The molecular formula is C17H13ClF3NO3. The van der Waals surface area contributed by atoms with Gasteiger partial charge in [0.2, 0.25) is 0 Å². The van der Waals surface area contributed by atoms with Crippen molar-refractivity contribution in [2.45, 2.75) is 13.1 Å². The molecule has 0 fully saturated rings. The van der Waals surface area contributed by atoms with Crippen molar-refractivity contribution in [3.05, 3.63) is 64.2 Å². The lowest BCUT2D eigenvalue weighted by Gasteiger charge is -2.15. The number of carbonyl (C=O) groups is 2. The fraction of sp³-hybridized carbons (Fsp3) is 0.176. The molecule has 0 unspecified atom stereocenters. The van der Waals surface area contributed by atoms with Gasteiger partial charge in [0.25, 0.3) is 5.91 Å². The largest absolute Gasteiger partial charge is 0.452 e. The smallest absolute Gasteiger partial charge is 0.418 e. The maximum Gasteiger partial charge on any atom is 0.418 e. The molecular weight excluding hydrogens is 359 g/mol. The molecule has 25 heavy (non-hydrogen) atoms. The van der Waals surface area contributed by atoms with E-state index in [1.54, 1.807) is 12.1 Å². The Morgan fingerprint density at radius 3 is 2.36 bits per heavy atom. The van der Waals surface area contributed by atoms with Gasteiger partial charge in [-0.2, -0.15) is 13.2 Å². The van der Waals surface area contributed by atoms with E-state index in [1.807, 2.05) is 12.2 Å². The predicted octanol–water partition coefficient (Wildman–Crippen LogP) is 4.46. The van der Waals surface area contributed by atoms with Gasteiger partial charge in [0, 0.05) is 0 Å². The van der Waals surface area contributed by atoms with Crippen molar-refractivity contribution < 1.29 is 27.5 Å². The Bertz CT molecular complexity index is 789. The van der Waals surface area contributed by atoms with Crippen molar-refractivity contribution in [3.8, 4) is 0 Å². The molecule has 8 heteroatoms. The number of hydrogen-bond donors (Lipinski definition) is 1. The van der Waals surface area contributed by atoms with Gasteiger partial charge in [-0.05, 0) is 31.2 Å². The van der Waals surface area contributed by atoms with Gasteiger partial charge in [-0.3, -0.25) is 4.79 Å². The summed E-state index contributed by atoms with van der Waals surface area (Å²) in [5.74, 6) is -1.69. The average Bonchev–Trinajstić information content (AvgIpc) is 2.54. The zero-order chi connectivity index (χ0) is 18.6. The first-order chi connectivity index (χ1) is 11.7. The fourth-order valence-electron chi connectivity index (χ4n) is 1.97. The zero-order valence-electron chi connectivity index (χ0n) is 13.0. The quantitative estimate of drug-likeness (QED) is 0.807. The first kappa shape index (κ1) is 18.8. The lowest BCUT2D eigenvalue weighted by Crippen LogP contribution is -2.23. The summed E-state index contributed by atoms with van der Waals surface area (Å²) in [5, 5.41) is 1.76. The molecule has 2 aromatic carbocycles. The van der Waals surface area contributed by atoms with Crippen LogP contribution in [-0.4, -0.2) is 18.5 Å². The Morgan fingerprint density at radius 1 is 1.12 bits per heavy atom. The Labute approximate surface area is 146 Å². The summed E-state index contributed by atoms with van der Waals surface area (Å²) < 4.78 is 43.6. The van der Waals surface area contributed by atoms with Gasteiger partial charge >= 0.3 is 12.1 Å². The van der Waals surface area contributed by atoms with Crippen molar-refractivity contribution in [1.82, 2.24) is 0 Å². The topological polar surface area (TPSA) is 55.4 Å². The van der Waals surface area contributed by atoms with Gasteiger partial charge in [0.05, 0.1) is 21.8 Å². The van der Waals surface area contributed by atoms with Crippen LogP contribution < -0.4 is 5.32 Å². The Hall–Kier alpha value is -2.54. The Morgan fingerprint density at radius 2 is 1.76 bits per heavy atom. The van der Waals surface area contributed by atoms with Gasteiger partial charge in [-0.1, -0.05) is 35.4 Å². The second-order valence-corrected chi connectivity index (χ2v) is 5.56. The van der Waals surface area contributed by atoms with Gasteiger partial charge in [0.15, 0.2) is 6.61 Å². The highest BCUT2D eigenvalue weighted by atomic mass is 35.5. The second kappa shape index (κ2) is 7.57. The van der Waals surface area contributed by atoms with E-state index < -0.39 is 35.9 Å². The van der Waals surface area contributed by atoms with Crippen LogP contribution in [0.25, 0.3) is 0 Å². The second-order valence-electron chi connectivity index (χ2n) is 5.15. The van der Waals surface area contributed by atoms with Crippen molar-refractivity contribution in [2.24, 2.45) is 0 Å². The van der Waals surface area contributed by atoms with E-state index >= 15 is 0 Å². The number of esters is 1. The molecule has 1 amide bonds. The van der Waals surface area contributed by atoms with E-state index in [1.165, 1.54) is 18.2 Å². The third-order valence-corrected chi connectivity index (χ3v) is 3.52. The number of halogens is 4. The molecule has 0 aliphatic rings. The lowest BCUT2D eigenvalue weighted by atomic mass is 10.1. The maximum absolute atomic E-state index is 13.0. The number of ether oxygens (including phenoxy) is 1. The summed E-state index contributed by atoms with van der Waals surface area (Å²) in [6, 6.07) is 9.55. The molecule has 0 aliphatic heterocycles. The van der Waals surface area contributed by atoms with Crippen molar-refractivity contribution >= 4 is 29.2 Å². The first-order valence-corrected chi connectivity index (χ1v) is 7.45. The van der Waals surface area contributed by atoms with E-state index in [0.717, 1.165) is 17.7 Å². The van der Waals surface area contributed by atoms with Gasteiger partial charge in [-0.15, -0.1) is 0 Å². The summed E-state index contributed by atoms with van der Waals surface area (Å²) >= 11 is 5.73. The van der Waals surface area contributed by atoms with E-state index in [2.05, 4.69) is 0 Å². The molecule has 0 atom stereocenters. The molecule has 4 nitrogen and oxygen atoms in total. The SMILES string of the molecule is Cc1ccc(C(=O)OCC(=O)Nc2c(Cl)cccc2C(F)(F)F)cc1. The fourth-order valence-corrected chi connectivity index (χ4v) is 2.19. The van der Waals surface area contributed by atoms with Crippen LogP contribution >= 0.6 is 11.6 Å². The normalized spacial score (nSPS) is 11.1. The molecule has 0 aliphatic carbocycles. The van der Waals surface area contributed by atoms with Crippen LogP contribution in [0.5, 0.6) is 0 Å².